The first-order chi connectivity index (χ1) is 12.6. The zero-order valence-electron chi connectivity index (χ0n) is 13.8. The van der Waals surface area contributed by atoms with Gasteiger partial charge < -0.3 is 10.1 Å². The Labute approximate surface area is 147 Å². The predicted octanol–water partition coefficient (Wildman–Crippen LogP) is 2.27. The highest BCUT2D eigenvalue weighted by atomic mass is 19.2. The Morgan fingerprint density at radius 1 is 1.19 bits per heavy atom. The Kier molecular flexibility index (Phi) is 5.16. The van der Waals surface area contributed by atoms with Gasteiger partial charge in [0.25, 0.3) is 5.91 Å². The van der Waals surface area contributed by atoms with Gasteiger partial charge in [0.05, 0.1) is 24.4 Å². The van der Waals surface area contributed by atoms with Gasteiger partial charge in [0.15, 0.2) is 17.5 Å². The summed E-state index contributed by atoms with van der Waals surface area (Å²) in [6, 6.07) is 10.1. The summed E-state index contributed by atoms with van der Waals surface area (Å²) in [5.74, 6) is -1.62. The largest absolute Gasteiger partial charge is 0.493 e. The first-order valence-electron chi connectivity index (χ1n) is 7.83. The van der Waals surface area contributed by atoms with Crippen molar-refractivity contribution in [2.24, 2.45) is 0 Å². The zero-order chi connectivity index (χ0) is 18.5. The number of nitrogens with one attached hydrogen (secondary N) is 1. The number of ether oxygens (including phenoxy) is 1. The van der Waals surface area contributed by atoms with Gasteiger partial charge in [-0.1, -0.05) is 12.1 Å². The summed E-state index contributed by atoms with van der Waals surface area (Å²) < 4.78 is 33.1. The summed E-state index contributed by atoms with van der Waals surface area (Å²) in [5, 5.41) is 13.8. The fourth-order valence-corrected chi connectivity index (χ4v) is 2.32. The Hall–Kier alpha value is -3.36. The number of para-hydroxylation sites is 1. The first-order valence-corrected chi connectivity index (χ1v) is 7.83. The van der Waals surface area contributed by atoms with E-state index in [9.17, 15) is 13.6 Å². The number of rotatable bonds is 6. The van der Waals surface area contributed by atoms with Crippen LogP contribution in [0.4, 0.5) is 8.78 Å². The van der Waals surface area contributed by atoms with Gasteiger partial charge in [-0.15, -0.1) is 5.10 Å². The van der Waals surface area contributed by atoms with Crippen molar-refractivity contribution in [1.82, 2.24) is 25.5 Å². The lowest BCUT2D eigenvalue weighted by molar-refractivity contribution is 0.0946. The van der Waals surface area contributed by atoms with E-state index < -0.39 is 11.6 Å². The molecule has 2 aromatic carbocycles. The molecule has 0 aliphatic carbocycles. The molecular weight excluding hydrogens is 344 g/mol. The van der Waals surface area contributed by atoms with Crippen LogP contribution < -0.4 is 10.1 Å². The molecule has 0 saturated heterocycles. The molecule has 0 bridgehead atoms. The van der Waals surface area contributed by atoms with Crippen molar-refractivity contribution in [3.63, 3.8) is 0 Å². The molecule has 0 fully saturated rings. The third kappa shape index (κ3) is 3.66. The van der Waals surface area contributed by atoms with Crippen LogP contribution in [0, 0.1) is 11.6 Å². The molecular formula is C17H15F2N5O2. The number of halogens is 2. The Morgan fingerprint density at radius 2 is 2.00 bits per heavy atom. The summed E-state index contributed by atoms with van der Waals surface area (Å²) in [7, 11) is 0. The van der Waals surface area contributed by atoms with Crippen LogP contribution in [0.1, 0.15) is 23.1 Å². The summed E-state index contributed by atoms with van der Waals surface area (Å²) in [4.78, 5) is 12.4. The molecule has 0 unspecified atom stereocenters. The van der Waals surface area contributed by atoms with Crippen molar-refractivity contribution in [3.05, 3.63) is 65.5 Å². The highest BCUT2D eigenvalue weighted by molar-refractivity contribution is 5.96. The van der Waals surface area contributed by atoms with Crippen LogP contribution in [0.25, 0.3) is 5.69 Å². The second-order valence-electron chi connectivity index (χ2n) is 5.22. The lowest BCUT2D eigenvalue weighted by Gasteiger charge is -2.10. The number of benzene rings is 2. The molecule has 0 aliphatic rings. The molecule has 1 amide bonds. The number of hydrogen-bond acceptors (Lipinski definition) is 5. The Morgan fingerprint density at radius 3 is 2.77 bits per heavy atom. The third-order valence-corrected chi connectivity index (χ3v) is 3.52. The van der Waals surface area contributed by atoms with E-state index in [1.54, 1.807) is 24.3 Å². The van der Waals surface area contributed by atoms with E-state index >= 15 is 0 Å². The number of carbonyl (C=O) groups excluding carboxylic acids is 1. The molecule has 0 atom stereocenters. The molecule has 1 heterocycles. The monoisotopic (exact) mass is 359 g/mol. The normalized spacial score (nSPS) is 10.6. The number of aromatic nitrogens is 4. The molecule has 0 aliphatic heterocycles. The number of nitrogens with zero attached hydrogens (tertiary/aromatic N) is 4. The number of tetrazole rings is 1. The predicted molar refractivity (Wildman–Crippen MR) is 87.9 cm³/mol. The minimum Gasteiger partial charge on any atom is -0.493 e. The van der Waals surface area contributed by atoms with E-state index in [-0.39, 0.29) is 24.0 Å². The van der Waals surface area contributed by atoms with Gasteiger partial charge in [0.1, 0.15) is 5.75 Å². The van der Waals surface area contributed by atoms with Crippen molar-refractivity contribution in [2.45, 2.75) is 13.5 Å². The second-order valence-corrected chi connectivity index (χ2v) is 5.22. The number of hydrogen-bond donors (Lipinski definition) is 1. The molecule has 1 aromatic heterocycles. The fourth-order valence-electron chi connectivity index (χ4n) is 2.32. The highest BCUT2D eigenvalue weighted by Crippen LogP contribution is 2.18. The fraction of sp³-hybridized carbons (Fsp3) is 0.176. The molecule has 0 radical (unpaired) electrons. The van der Waals surface area contributed by atoms with E-state index in [2.05, 4.69) is 20.8 Å². The van der Waals surface area contributed by atoms with Gasteiger partial charge in [-0.25, -0.2) is 8.78 Å². The molecule has 9 heteroatoms. The maximum atomic E-state index is 13.4. The van der Waals surface area contributed by atoms with Crippen LogP contribution in [0.5, 0.6) is 5.75 Å². The van der Waals surface area contributed by atoms with Gasteiger partial charge in [-0.2, -0.15) is 4.68 Å². The van der Waals surface area contributed by atoms with Crippen molar-refractivity contribution in [2.75, 3.05) is 6.61 Å². The molecule has 3 aromatic rings. The molecule has 0 saturated carbocycles. The zero-order valence-corrected chi connectivity index (χ0v) is 13.8. The molecule has 3 rings (SSSR count). The van der Waals surface area contributed by atoms with Crippen LogP contribution >= 0.6 is 0 Å². The minimum atomic E-state index is -1.02. The summed E-state index contributed by atoms with van der Waals surface area (Å²) in [6.07, 6.45) is 0. The first kappa shape index (κ1) is 17.5. The van der Waals surface area contributed by atoms with E-state index in [0.717, 1.165) is 12.1 Å². The maximum absolute atomic E-state index is 13.4. The third-order valence-electron chi connectivity index (χ3n) is 3.52. The van der Waals surface area contributed by atoms with Crippen LogP contribution in [0.2, 0.25) is 0 Å². The Balaban J connectivity index is 1.76. The van der Waals surface area contributed by atoms with Gasteiger partial charge in [-0.3, -0.25) is 4.79 Å². The maximum Gasteiger partial charge on any atom is 0.255 e. The van der Waals surface area contributed by atoms with Gasteiger partial charge in [0.2, 0.25) is 0 Å². The summed E-state index contributed by atoms with van der Waals surface area (Å²) >= 11 is 0. The van der Waals surface area contributed by atoms with Crippen LogP contribution in [0.3, 0.4) is 0 Å². The molecule has 7 nitrogen and oxygen atoms in total. The number of amides is 1. The van der Waals surface area contributed by atoms with E-state index in [0.29, 0.717) is 17.9 Å². The van der Waals surface area contributed by atoms with Gasteiger partial charge in [0, 0.05) is 6.07 Å². The standard InChI is InChI=1S/C17H15F2N5O2/c1-2-26-15-6-4-3-5-12(15)17(25)20-10-16-21-22-23-24(16)11-7-8-13(18)14(19)9-11/h3-9H,2,10H2,1H3,(H,20,25). The molecule has 26 heavy (non-hydrogen) atoms. The molecule has 1 N–H and O–H groups in total. The SMILES string of the molecule is CCOc1ccccc1C(=O)NCc1nnnn1-c1ccc(F)c(F)c1. The van der Waals surface area contributed by atoms with E-state index in [4.69, 9.17) is 4.74 Å². The van der Waals surface area contributed by atoms with Gasteiger partial charge >= 0.3 is 0 Å². The van der Waals surface area contributed by atoms with Crippen LogP contribution in [-0.2, 0) is 6.54 Å². The lowest BCUT2D eigenvalue weighted by Crippen LogP contribution is -2.25. The summed E-state index contributed by atoms with van der Waals surface area (Å²) in [5.41, 5.74) is 0.620. The molecule has 134 valence electrons. The smallest absolute Gasteiger partial charge is 0.255 e. The van der Waals surface area contributed by atoms with Crippen molar-refractivity contribution in [1.29, 1.82) is 0 Å². The van der Waals surface area contributed by atoms with E-state index in [1.807, 2.05) is 6.92 Å². The van der Waals surface area contributed by atoms with Crippen molar-refractivity contribution >= 4 is 5.91 Å². The van der Waals surface area contributed by atoms with Crippen molar-refractivity contribution < 1.29 is 18.3 Å². The van der Waals surface area contributed by atoms with Crippen LogP contribution in [0.15, 0.2) is 42.5 Å². The lowest BCUT2D eigenvalue weighted by atomic mass is 10.2. The average molecular weight is 359 g/mol. The Bertz CT molecular complexity index is 929. The summed E-state index contributed by atoms with van der Waals surface area (Å²) in [6.45, 7) is 2.24. The molecule has 0 spiro atoms. The quantitative estimate of drug-likeness (QED) is 0.730. The minimum absolute atomic E-state index is 0.00864. The van der Waals surface area contributed by atoms with Crippen LogP contribution in [-0.4, -0.2) is 32.7 Å². The second kappa shape index (κ2) is 7.68. The number of carbonyl (C=O) groups is 1. The van der Waals surface area contributed by atoms with Gasteiger partial charge in [-0.05, 0) is 41.6 Å². The highest BCUT2D eigenvalue weighted by Gasteiger charge is 2.15. The van der Waals surface area contributed by atoms with Crippen molar-refractivity contribution in [3.8, 4) is 11.4 Å². The van der Waals surface area contributed by atoms with E-state index in [1.165, 1.54) is 10.7 Å². The topological polar surface area (TPSA) is 81.9 Å². The average Bonchev–Trinajstić information content (AvgIpc) is 3.11.